The Hall–Kier alpha value is -1.65. The van der Waals surface area contributed by atoms with E-state index in [9.17, 15) is 9.90 Å². The van der Waals surface area contributed by atoms with E-state index >= 15 is 0 Å². The molecule has 1 aliphatic heterocycles. The molecule has 0 amide bonds. The van der Waals surface area contributed by atoms with Crippen molar-refractivity contribution in [1.29, 1.82) is 0 Å². The van der Waals surface area contributed by atoms with Crippen molar-refractivity contribution in [1.82, 2.24) is 4.90 Å². The van der Waals surface area contributed by atoms with Gasteiger partial charge in [0.1, 0.15) is 5.58 Å². The van der Waals surface area contributed by atoms with Crippen molar-refractivity contribution in [2.24, 2.45) is 5.92 Å². The van der Waals surface area contributed by atoms with Crippen molar-refractivity contribution >= 4 is 16.8 Å². The van der Waals surface area contributed by atoms with Gasteiger partial charge in [-0.2, -0.15) is 0 Å². The van der Waals surface area contributed by atoms with Crippen LogP contribution in [0.1, 0.15) is 23.9 Å². The van der Waals surface area contributed by atoms with E-state index < -0.39 is 0 Å². The van der Waals surface area contributed by atoms with Gasteiger partial charge in [0, 0.05) is 11.9 Å². The molecule has 2 heterocycles. The van der Waals surface area contributed by atoms with Gasteiger partial charge >= 0.3 is 0 Å². The highest BCUT2D eigenvalue weighted by molar-refractivity contribution is 5.98. The smallest absolute Gasteiger partial charge is 0.211 e. The van der Waals surface area contributed by atoms with Gasteiger partial charge in [0.05, 0.1) is 12.6 Å². The molecule has 106 valence electrons. The molecule has 2 atom stereocenters. The number of aliphatic hydroxyl groups excluding tert-OH is 1. The maximum atomic E-state index is 12.3. The Morgan fingerprint density at radius 3 is 3.00 bits per heavy atom. The minimum Gasteiger partial charge on any atom is -0.453 e. The van der Waals surface area contributed by atoms with E-state index in [0.29, 0.717) is 24.8 Å². The molecule has 20 heavy (non-hydrogen) atoms. The summed E-state index contributed by atoms with van der Waals surface area (Å²) in [5, 5.41) is 10.8. The number of hydrogen-bond donors (Lipinski definition) is 1. The van der Waals surface area contributed by atoms with Gasteiger partial charge in [-0.15, -0.1) is 0 Å². The fourth-order valence-electron chi connectivity index (χ4n) is 2.66. The summed E-state index contributed by atoms with van der Waals surface area (Å²) in [5.74, 6) is 0.690. The van der Waals surface area contributed by atoms with Gasteiger partial charge in [-0.1, -0.05) is 25.1 Å². The normalized spacial score (nSPS) is 24.1. The van der Waals surface area contributed by atoms with Crippen molar-refractivity contribution in [2.75, 3.05) is 19.6 Å². The van der Waals surface area contributed by atoms with Gasteiger partial charge in [0.2, 0.25) is 5.78 Å². The Kier molecular flexibility index (Phi) is 3.59. The van der Waals surface area contributed by atoms with E-state index in [1.54, 1.807) is 6.07 Å². The maximum absolute atomic E-state index is 12.3. The van der Waals surface area contributed by atoms with Crippen LogP contribution in [0, 0.1) is 5.92 Å². The number of fused-ring (bicyclic) bond motifs is 1. The average molecular weight is 273 g/mol. The summed E-state index contributed by atoms with van der Waals surface area (Å²) in [6.07, 6.45) is 0.585. The van der Waals surface area contributed by atoms with Gasteiger partial charge in [-0.05, 0) is 31.0 Å². The number of Topliss-reactive ketones (excluding diaryl/α,β-unsaturated/α-hetero) is 1. The molecule has 4 heteroatoms. The molecule has 1 aromatic heterocycles. The minimum atomic E-state index is -0.341. The Morgan fingerprint density at radius 1 is 1.45 bits per heavy atom. The molecule has 4 nitrogen and oxygen atoms in total. The lowest BCUT2D eigenvalue weighted by Crippen LogP contribution is -2.44. The minimum absolute atomic E-state index is 0.0250. The molecular weight excluding hydrogens is 254 g/mol. The van der Waals surface area contributed by atoms with Gasteiger partial charge in [0.25, 0.3) is 0 Å². The number of hydrogen-bond acceptors (Lipinski definition) is 4. The summed E-state index contributed by atoms with van der Waals surface area (Å²) in [6.45, 7) is 3.77. The Bertz CT molecular complexity index is 586. The standard InChI is InChI=1S/C16H19NO3/c1-11-6-7-17(9-13(11)18)10-14(19)16-8-12-4-2-3-5-15(12)20-16/h2-5,8,11,13,18H,6-7,9-10H2,1H3. The number of piperidine rings is 1. The summed E-state index contributed by atoms with van der Waals surface area (Å²) in [6, 6.07) is 9.40. The molecule has 0 radical (unpaired) electrons. The van der Waals surface area contributed by atoms with Crippen molar-refractivity contribution in [3.63, 3.8) is 0 Å². The van der Waals surface area contributed by atoms with Crippen LogP contribution >= 0.6 is 0 Å². The fraction of sp³-hybridized carbons (Fsp3) is 0.438. The molecule has 2 unspecified atom stereocenters. The number of carbonyl (C=O) groups excluding carboxylic acids is 1. The van der Waals surface area contributed by atoms with Crippen LogP contribution in [-0.2, 0) is 0 Å². The molecule has 1 N–H and O–H groups in total. The molecule has 1 aromatic carbocycles. The first kappa shape index (κ1) is 13.3. The molecule has 0 spiro atoms. The molecule has 1 aliphatic rings. The zero-order valence-electron chi connectivity index (χ0n) is 11.6. The number of furan rings is 1. The SMILES string of the molecule is CC1CCN(CC(=O)c2cc3ccccc3o2)CC1O. The summed E-state index contributed by atoms with van der Waals surface area (Å²) in [7, 11) is 0. The molecule has 0 bridgehead atoms. The predicted molar refractivity (Wildman–Crippen MR) is 76.8 cm³/mol. The zero-order valence-corrected chi connectivity index (χ0v) is 11.6. The average Bonchev–Trinajstić information content (AvgIpc) is 2.87. The van der Waals surface area contributed by atoms with Crippen molar-refractivity contribution in [2.45, 2.75) is 19.4 Å². The van der Waals surface area contributed by atoms with E-state index in [0.717, 1.165) is 23.9 Å². The van der Waals surface area contributed by atoms with Crippen LogP contribution in [0.15, 0.2) is 34.7 Å². The van der Waals surface area contributed by atoms with E-state index in [4.69, 9.17) is 4.42 Å². The van der Waals surface area contributed by atoms with E-state index in [1.807, 2.05) is 36.1 Å². The van der Waals surface area contributed by atoms with Crippen LogP contribution in [-0.4, -0.2) is 41.5 Å². The molecule has 0 saturated carbocycles. The summed E-state index contributed by atoms with van der Waals surface area (Å²) < 4.78 is 5.58. The first-order chi connectivity index (χ1) is 9.63. The molecule has 1 fully saturated rings. The molecular formula is C16H19NO3. The van der Waals surface area contributed by atoms with Gasteiger partial charge in [0.15, 0.2) is 5.76 Å². The molecule has 1 saturated heterocycles. The first-order valence-corrected chi connectivity index (χ1v) is 7.05. The van der Waals surface area contributed by atoms with Crippen LogP contribution in [0.3, 0.4) is 0 Å². The number of rotatable bonds is 3. The van der Waals surface area contributed by atoms with Crippen LogP contribution in [0.4, 0.5) is 0 Å². The maximum Gasteiger partial charge on any atom is 0.211 e. The Labute approximate surface area is 118 Å². The number of carbonyl (C=O) groups is 1. The van der Waals surface area contributed by atoms with Crippen molar-refractivity contribution in [3.05, 3.63) is 36.1 Å². The van der Waals surface area contributed by atoms with Crippen molar-refractivity contribution < 1.29 is 14.3 Å². The number of benzene rings is 1. The van der Waals surface area contributed by atoms with Crippen LogP contribution in [0.25, 0.3) is 11.0 Å². The second-order valence-electron chi connectivity index (χ2n) is 5.64. The van der Waals surface area contributed by atoms with Gasteiger partial charge in [-0.25, -0.2) is 0 Å². The topological polar surface area (TPSA) is 53.7 Å². The number of likely N-dealkylation sites (tertiary alicyclic amines) is 1. The van der Waals surface area contributed by atoms with Crippen molar-refractivity contribution in [3.8, 4) is 0 Å². The fourth-order valence-corrected chi connectivity index (χ4v) is 2.66. The monoisotopic (exact) mass is 273 g/mol. The number of aliphatic hydroxyl groups is 1. The third-order valence-corrected chi connectivity index (χ3v) is 4.07. The third kappa shape index (κ3) is 2.62. The summed E-state index contributed by atoms with van der Waals surface area (Å²) in [4.78, 5) is 14.3. The number of ketones is 1. The van der Waals surface area contributed by atoms with Gasteiger partial charge < -0.3 is 9.52 Å². The molecule has 2 aromatic rings. The third-order valence-electron chi connectivity index (χ3n) is 4.07. The molecule has 3 rings (SSSR count). The van der Waals surface area contributed by atoms with E-state index in [1.165, 1.54) is 0 Å². The summed E-state index contributed by atoms with van der Waals surface area (Å²) in [5.41, 5.74) is 0.739. The molecule has 0 aliphatic carbocycles. The lowest BCUT2D eigenvalue weighted by Gasteiger charge is -2.33. The number of nitrogens with zero attached hydrogens (tertiary/aromatic N) is 1. The second-order valence-corrected chi connectivity index (χ2v) is 5.64. The van der Waals surface area contributed by atoms with Gasteiger partial charge in [-0.3, -0.25) is 9.69 Å². The highest BCUT2D eigenvalue weighted by atomic mass is 16.3. The van der Waals surface area contributed by atoms with E-state index in [-0.39, 0.29) is 11.9 Å². The van der Waals surface area contributed by atoms with Crippen LogP contribution in [0.2, 0.25) is 0 Å². The van der Waals surface area contributed by atoms with Crippen LogP contribution < -0.4 is 0 Å². The number of para-hydroxylation sites is 1. The lowest BCUT2D eigenvalue weighted by atomic mass is 9.96. The number of β-amino-alcohol motifs (C(OH)–C–C–N with tert-alkyl or cyclic N) is 1. The first-order valence-electron chi connectivity index (χ1n) is 7.05. The van der Waals surface area contributed by atoms with E-state index in [2.05, 4.69) is 0 Å². The summed E-state index contributed by atoms with van der Waals surface area (Å²) >= 11 is 0. The second kappa shape index (κ2) is 5.38. The quantitative estimate of drug-likeness (QED) is 0.872. The lowest BCUT2D eigenvalue weighted by molar-refractivity contribution is 0.0290. The highest BCUT2D eigenvalue weighted by Gasteiger charge is 2.26. The zero-order chi connectivity index (χ0) is 14.1. The Balaban J connectivity index is 1.70. The largest absolute Gasteiger partial charge is 0.453 e. The van der Waals surface area contributed by atoms with Crippen LogP contribution in [0.5, 0.6) is 0 Å². The Morgan fingerprint density at radius 2 is 2.25 bits per heavy atom. The predicted octanol–water partition coefficient (Wildman–Crippen LogP) is 2.32. The highest BCUT2D eigenvalue weighted by Crippen LogP contribution is 2.21.